The molecule has 0 aliphatic carbocycles. The molecule has 1 saturated heterocycles. The summed E-state index contributed by atoms with van der Waals surface area (Å²) in [5.41, 5.74) is 2.49. The Morgan fingerprint density at radius 2 is 2.00 bits per heavy atom. The average Bonchev–Trinajstić information content (AvgIpc) is 2.55. The molecule has 1 fully saturated rings. The predicted octanol–water partition coefficient (Wildman–Crippen LogP) is 1.89. The van der Waals surface area contributed by atoms with Gasteiger partial charge in [0.2, 0.25) is 5.91 Å². The fourth-order valence-electron chi connectivity index (χ4n) is 3.51. The van der Waals surface area contributed by atoms with E-state index in [0.717, 1.165) is 13.0 Å². The topological polar surface area (TPSA) is 43.9 Å². The number of piperazine rings is 1. The van der Waals surface area contributed by atoms with E-state index >= 15 is 0 Å². The average molecular weight is 301 g/mol. The molecule has 1 unspecified atom stereocenters. The predicted molar refractivity (Wildman–Crippen MR) is 84.5 cm³/mol. The standard InChI is InChI=1S/C17H23N3O2/c1-3-18(4-2)17(22)19-11-15-14-8-6-5-7-13(14)9-10-20(15)16(21)12-19/h5-8,15H,3-4,9-12H2,1-2H3. The second-order valence-corrected chi connectivity index (χ2v) is 5.89. The lowest BCUT2D eigenvalue weighted by Crippen LogP contribution is -2.58. The minimum atomic E-state index is -0.0268. The highest BCUT2D eigenvalue weighted by atomic mass is 16.2. The van der Waals surface area contributed by atoms with Gasteiger partial charge < -0.3 is 14.7 Å². The molecule has 5 nitrogen and oxygen atoms in total. The third-order valence-corrected chi connectivity index (χ3v) is 4.76. The number of hydrogen-bond donors (Lipinski definition) is 0. The molecular weight excluding hydrogens is 278 g/mol. The monoisotopic (exact) mass is 301 g/mol. The smallest absolute Gasteiger partial charge is 0.320 e. The van der Waals surface area contributed by atoms with Crippen LogP contribution in [0, 0.1) is 0 Å². The number of fused-ring (bicyclic) bond motifs is 3. The second-order valence-electron chi connectivity index (χ2n) is 5.89. The minimum absolute atomic E-state index is 0.00529. The van der Waals surface area contributed by atoms with Crippen LogP contribution < -0.4 is 0 Å². The Labute approximate surface area is 131 Å². The highest BCUT2D eigenvalue weighted by Gasteiger charge is 2.39. The summed E-state index contributed by atoms with van der Waals surface area (Å²) < 4.78 is 0. The molecular formula is C17H23N3O2. The van der Waals surface area contributed by atoms with Crippen molar-refractivity contribution in [3.63, 3.8) is 0 Å². The van der Waals surface area contributed by atoms with Crippen molar-refractivity contribution in [3.8, 4) is 0 Å². The van der Waals surface area contributed by atoms with Crippen molar-refractivity contribution in [2.45, 2.75) is 26.3 Å². The third kappa shape index (κ3) is 2.45. The van der Waals surface area contributed by atoms with Gasteiger partial charge in [0, 0.05) is 26.2 Å². The van der Waals surface area contributed by atoms with E-state index < -0.39 is 0 Å². The first-order valence-corrected chi connectivity index (χ1v) is 8.06. The van der Waals surface area contributed by atoms with Gasteiger partial charge in [0.1, 0.15) is 6.54 Å². The van der Waals surface area contributed by atoms with Gasteiger partial charge in [-0.05, 0) is 31.4 Å². The number of amides is 3. The van der Waals surface area contributed by atoms with Gasteiger partial charge in [0.15, 0.2) is 0 Å². The number of carbonyl (C=O) groups excluding carboxylic acids is 2. The van der Waals surface area contributed by atoms with Crippen LogP contribution in [-0.4, -0.2) is 59.4 Å². The van der Waals surface area contributed by atoms with Crippen molar-refractivity contribution in [2.24, 2.45) is 0 Å². The molecule has 0 saturated carbocycles. The van der Waals surface area contributed by atoms with Crippen LogP contribution in [0.2, 0.25) is 0 Å². The number of urea groups is 1. The van der Waals surface area contributed by atoms with Crippen molar-refractivity contribution in [1.29, 1.82) is 0 Å². The maximum atomic E-state index is 12.6. The first-order valence-electron chi connectivity index (χ1n) is 8.06. The molecule has 1 aromatic carbocycles. The normalized spacial score (nSPS) is 20.5. The third-order valence-electron chi connectivity index (χ3n) is 4.76. The quantitative estimate of drug-likeness (QED) is 0.837. The van der Waals surface area contributed by atoms with E-state index in [2.05, 4.69) is 12.1 Å². The molecule has 0 N–H and O–H groups in total. The van der Waals surface area contributed by atoms with Crippen molar-refractivity contribution >= 4 is 11.9 Å². The molecule has 2 aliphatic rings. The summed E-state index contributed by atoms with van der Waals surface area (Å²) in [5.74, 6) is 0.0614. The van der Waals surface area contributed by atoms with Gasteiger partial charge in [0.25, 0.3) is 0 Å². The maximum absolute atomic E-state index is 12.6. The van der Waals surface area contributed by atoms with Crippen LogP contribution in [0.25, 0.3) is 0 Å². The molecule has 1 atom stereocenters. The van der Waals surface area contributed by atoms with Gasteiger partial charge in [-0.1, -0.05) is 24.3 Å². The van der Waals surface area contributed by atoms with E-state index in [-0.39, 0.29) is 24.5 Å². The Morgan fingerprint density at radius 3 is 2.73 bits per heavy atom. The Morgan fingerprint density at radius 1 is 1.27 bits per heavy atom. The molecule has 3 amide bonds. The van der Waals surface area contributed by atoms with Crippen LogP contribution in [0.15, 0.2) is 24.3 Å². The summed E-state index contributed by atoms with van der Waals surface area (Å²) in [6, 6.07) is 8.25. The zero-order valence-corrected chi connectivity index (χ0v) is 13.3. The first kappa shape index (κ1) is 14.9. The highest BCUT2D eigenvalue weighted by molar-refractivity contribution is 5.86. The Bertz CT molecular complexity index is 583. The SMILES string of the molecule is CCN(CC)C(=O)N1CC(=O)N2CCc3ccccc3C2C1. The summed E-state index contributed by atoms with van der Waals surface area (Å²) in [4.78, 5) is 30.5. The van der Waals surface area contributed by atoms with Crippen molar-refractivity contribution < 1.29 is 9.59 Å². The Kier molecular flexibility index (Phi) is 4.05. The van der Waals surface area contributed by atoms with Gasteiger partial charge in [0.05, 0.1) is 6.04 Å². The lowest BCUT2D eigenvalue weighted by Gasteiger charge is -2.45. The molecule has 2 aliphatic heterocycles. The summed E-state index contributed by atoms with van der Waals surface area (Å²) >= 11 is 0. The highest BCUT2D eigenvalue weighted by Crippen LogP contribution is 2.33. The summed E-state index contributed by atoms with van der Waals surface area (Å²) in [7, 11) is 0. The van der Waals surface area contributed by atoms with Gasteiger partial charge in [-0.15, -0.1) is 0 Å². The molecule has 0 radical (unpaired) electrons. The van der Waals surface area contributed by atoms with Crippen LogP contribution in [0.5, 0.6) is 0 Å². The fourth-order valence-corrected chi connectivity index (χ4v) is 3.51. The molecule has 0 bridgehead atoms. The summed E-state index contributed by atoms with van der Waals surface area (Å²) in [6.07, 6.45) is 0.905. The van der Waals surface area contributed by atoms with Crippen molar-refractivity contribution in [1.82, 2.24) is 14.7 Å². The number of hydrogen-bond acceptors (Lipinski definition) is 2. The molecule has 118 valence electrons. The zero-order valence-electron chi connectivity index (χ0n) is 13.3. The number of nitrogens with zero attached hydrogens (tertiary/aromatic N) is 3. The van der Waals surface area contributed by atoms with E-state index in [1.54, 1.807) is 9.80 Å². The minimum Gasteiger partial charge on any atom is -0.332 e. The van der Waals surface area contributed by atoms with Crippen LogP contribution in [0.4, 0.5) is 4.79 Å². The summed E-state index contributed by atoms with van der Waals surface area (Å²) in [6.45, 7) is 6.83. The second kappa shape index (κ2) is 5.99. The Hall–Kier alpha value is -2.04. The van der Waals surface area contributed by atoms with E-state index in [4.69, 9.17) is 0 Å². The molecule has 1 aromatic rings. The lowest BCUT2D eigenvalue weighted by atomic mass is 9.91. The molecule has 2 heterocycles. The van der Waals surface area contributed by atoms with Crippen LogP contribution >= 0.6 is 0 Å². The van der Waals surface area contributed by atoms with Crippen molar-refractivity contribution in [3.05, 3.63) is 35.4 Å². The van der Waals surface area contributed by atoms with Gasteiger partial charge in [-0.25, -0.2) is 4.79 Å². The van der Waals surface area contributed by atoms with Gasteiger partial charge >= 0.3 is 6.03 Å². The molecule has 22 heavy (non-hydrogen) atoms. The van der Waals surface area contributed by atoms with Crippen LogP contribution in [0.1, 0.15) is 31.0 Å². The maximum Gasteiger partial charge on any atom is 0.320 e. The van der Waals surface area contributed by atoms with Crippen molar-refractivity contribution in [2.75, 3.05) is 32.7 Å². The van der Waals surface area contributed by atoms with Crippen LogP contribution in [-0.2, 0) is 11.2 Å². The molecule has 5 heteroatoms. The van der Waals surface area contributed by atoms with E-state index in [0.29, 0.717) is 19.6 Å². The molecule has 3 rings (SSSR count). The largest absolute Gasteiger partial charge is 0.332 e. The molecule has 0 spiro atoms. The first-order chi connectivity index (χ1) is 10.7. The number of rotatable bonds is 2. The number of benzene rings is 1. The van der Waals surface area contributed by atoms with E-state index in [9.17, 15) is 9.59 Å². The fraction of sp³-hybridized carbons (Fsp3) is 0.529. The Balaban J connectivity index is 1.86. The van der Waals surface area contributed by atoms with E-state index in [1.807, 2.05) is 30.9 Å². The van der Waals surface area contributed by atoms with Crippen LogP contribution in [0.3, 0.4) is 0 Å². The number of carbonyl (C=O) groups is 2. The summed E-state index contributed by atoms with van der Waals surface area (Å²) in [5, 5.41) is 0. The molecule has 0 aromatic heterocycles. The van der Waals surface area contributed by atoms with Gasteiger partial charge in [-0.2, -0.15) is 0 Å². The van der Waals surface area contributed by atoms with Gasteiger partial charge in [-0.3, -0.25) is 4.79 Å². The van der Waals surface area contributed by atoms with E-state index in [1.165, 1.54) is 11.1 Å². The lowest BCUT2D eigenvalue weighted by molar-refractivity contribution is -0.139. The zero-order chi connectivity index (χ0) is 15.7.